The highest BCUT2D eigenvalue weighted by Gasteiger charge is 2.13. The molecule has 2 heterocycles. The van der Waals surface area contributed by atoms with Gasteiger partial charge in [0.25, 0.3) is 0 Å². The van der Waals surface area contributed by atoms with Gasteiger partial charge in [0, 0.05) is 13.1 Å². The Morgan fingerprint density at radius 3 is 2.94 bits per heavy atom. The Kier molecular flexibility index (Phi) is 3.90. The molecule has 0 spiro atoms. The van der Waals surface area contributed by atoms with Crippen molar-refractivity contribution < 1.29 is 4.74 Å². The van der Waals surface area contributed by atoms with Crippen LogP contribution in [0.3, 0.4) is 0 Å². The van der Waals surface area contributed by atoms with Crippen LogP contribution in [0.25, 0.3) is 0 Å². The minimum Gasteiger partial charge on any atom is -0.372 e. The van der Waals surface area contributed by atoms with Crippen LogP contribution in [0, 0.1) is 6.92 Å². The molecule has 1 fully saturated rings. The van der Waals surface area contributed by atoms with Crippen LogP contribution < -0.4 is 5.32 Å². The number of piperidine rings is 1. The van der Waals surface area contributed by atoms with Crippen molar-refractivity contribution in [2.45, 2.75) is 38.8 Å². The Bertz CT molecular complexity index is 331. The zero-order valence-electron chi connectivity index (χ0n) is 10.1. The Hall–Kier alpha value is -0.940. The minimum atomic E-state index is 0.517. The van der Waals surface area contributed by atoms with E-state index in [1.165, 1.54) is 19.3 Å². The molecule has 1 aromatic rings. The number of ether oxygens (including phenoxy) is 1. The first kappa shape index (κ1) is 11.5. The molecule has 2 rings (SSSR count). The van der Waals surface area contributed by atoms with Crippen LogP contribution in [0.15, 0.2) is 0 Å². The third-order valence-electron chi connectivity index (χ3n) is 3.15. The summed E-state index contributed by atoms with van der Waals surface area (Å²) in [5.41, 5.74) is 0. The molecule has 0 radical (unpaired) electrons. The molecule has 1 aliphatic heterocycles. The number of nitrogens with zero attached hydrogens (tertiary/aromatic N) is 3. The summed E-state index contributed by atoms with van der Waals surface area (Å²) in [5, 5.41) is 11.5. The van der Waals surface area contributed by atoms with Crippen LogP contribution in [0.2, 0.25) is 0 Å². The van der Waals surface area contributed by atoms with E-state index in [1.807, 2.05) is 18.5 Å². The second-order valence-electron chi connectivity index (χ2n) is 4.38. The average Bonchev–Trinajstić information content (AvgIpc) is 2.62. The van der Waals surface area contributed by atoms with Gasteiger partial charge in [-0.3, -0.25) is 0 Å². The van der Waals surface area contributed by atoms with Gasteiger partial charge in [0.1, 0.15) is 12.4 Å². The van der Waals surface area contributed by atoms with E-state index in [-0.39, 0.29) is 0 Å². The van der Waals surface area contributed by atoms with Gasteiger partial charge in [0.15, 0.2) is 5.82 Å². The fourth-order valence-electron chi connectivity index (χ4n) is 1.94. The second-order valence-corrected chi connectivity index (χ2v) is 4.38. The zero-order valence-corrected chi connectivity index (χ0v) is 10.1. The van der Waals surface area contributed by atoms with Crippen LogP contribution in [0.4, 0.5) is 0 Å². The summed E-state index contributed by atoms with van der Waals surface area (Å²) < 4.78 is 7.63. The van der Waals surface area contributed by atoms with Gasteiger partial charge in [0.2, 0.25) is 0 Å². The van der Waals surface area contributed by atoms with Crippen LogP contribution in [-0.4, -0.2) is 34.0 Å². The van der Waals surface area contributed by atoms with E-state index in [0.717, 1.165) is 24.8 Å². The first-order chi connectivity index (χ1) is 7.77. The quantitative estimate of drug-likeness (QED) is 0.821. The lowest BCUT2D eigenvalue weighted by atomic mass is 10.1. The molecule has 5 nitrogen and oxygen atoms in total. The first-order valence-corrected chi connectivity index (χ1v) is 5.93. The van der Waals surface area contributed by atoms with Gasteiger partial charge >= 0.3 is 0 Å². The van der Waals surface area contributed by atoms with Gasteiger partial charge in [-0.05, 0) is 26.3 Å². The summed E-state index contributed by atoms with van der Waals surface area (Å²) in [6.07, 6.45) is 3.82. The molecule has 1 aliphatic rings. The van der Waals surface area contributed by atoms with Crippen molar-refractivity contribution in [3.05, 3.63) is 11.6 Å². The molecule has 0 amide bonds. The van der Waals surface area contributed by atoms with Crippen molar-refractivity contribution in [3.8, 4) is 0 Å². The molecule has 1 N–H and O–H groups in total. The van der Waals surface area contributed by atoms with Crippen molar-refractivity contribution in [2.75, 3.05) is 13.2 Å². The molecule has 1 unspecified atom stereocenters. The third-order valence-corrected chi connectivity index (χ3v) is 3.15. The van der Waals surface area contributed by atoms with Gasteiger partial charge in [-0.1, -0.05) is 6.42 Å². The number of nitrogens with one attached hydrogen (secondary N) is 1. The van der Waals surface area contributed by atoms with E-state index in [9.17, 15) is 0 Å². The highest BCUT2D eigenvalue weighted by atomic mass is 16.5. The molecule has 0 bridgehead atoms. The maximum absolute atomic E-state index is 5.67. The van der Waals surface area contributed by atoms with E-state index < -0.39 is 0 Å². The molecule has 1 aromatic heterocycles. The SMILES string of the molecule is Cc1nnc(COCC2CCCCN2)n1C. The van der Waals surface area contributed by atoms with Gasteiger partial charge in [-0.25, -0.2) is 0 Å². The van der Waals surface area contributed by atoms with Crippen LogP contribution in [-0.2, 0) is 18.4 Å². The predicted molar refractivity (Wildman–Crippen MR) is 61.0 cm³/mol. The molecule has 1 saturated heterocycles. The van der Waals surface area contributed by atoms with Gasteiger partial charge in [0.05, 0.1) is 6.61 Å². The topological polar surface area (TPSA) is 52.0 Å². The first-order valence-electron chi connectivity index (χ1n) is 5.93. The number of hydrogen-bond acceptors (Lipinski definition) is 4. The van der Waals surface area contributed by atoms with Crippen LogP contribution in [0.5, 0.6) is 0 Å². The van der Waals surface area contributed by atoms with E-state index in [2.05, 4.69) is 15.5 Å². The minimum absolute atomic E-state index is 0.517. The molecular formula is C11H20N4O. The standard InChI is InChI=1S/C11H20N4O/c1-9-13-14-11(15(9)2)8-16-7-10-5-3-4-6-12-10/h10,12H,3-8H2,1-2H3. The highest BCUT2D eigenvalue weighted by Crippen LogP contribution is 2.08. The fourth-order valence-corrected chi connectivity index (χ4v) is 1.94. The lowest BCUT2D eigenvalue weighted by Crippen LogP contribution is -2.37. The summed E-state index contributed by atoms with van der Waals surface area (Å²) >= 11 is 0. The zero-order chi connectivity index (χ0) is 11.4. The Balaban J connectivity index is 1.73. The number of hydrogen-bond donors (Lipinski definition) is 1. The van der Waals surface area contributed by atoms with Gasteiger partial charge < -0.3 is 14.6 Å². The van der Waals surface area contributed by atoms with Crippen molar-refractivity contribution in [1.82, 2.24) is 20.1 Å². The number of aromatic nitrogens is 3. The van der Waals surface area contributed by atoms with Crippen LogP contribution >= 0.6 is 0 Å². The fraction of sp³-hybridized carbons (Fsp3) is 0.818. The molecule has 16 heavy (non-hydrogen) atoms. The molecule has 90 valence electrons. The van der Waals surface area contributed by atoms with Crippen molar-refractivity contribution in [2.24, 2.45) is 7.05 Å². The highest BCUT2D eigenvalue weighted by molar-refractivity contribution is 4.90. The second kappa shape index (κ2) is 5.41. The van der Waals surface area contributed by atoms with E-state index >= 15 is 0 Å². The maximum atomic E-state index is 5.67. The molecule has 0 saturated carbocycles. The number of aryl methyl sites for hydroxylation is 1. The smallest absolute Gasteiger partial charge is 0.158 e. The van der Waals surface area contributed by atoms with E-state index in [0.29, 0.717) is 12.6 Å². The van der Waals surface area contributed by atoms with Gasteiger partial charge in [-0.15, -0.1) is 10.2 Å². The Morgan fingerprint density at radius 2 is 2.31 bits per heavy atom. The van der Waals surface area contributed by atoms with Crippen LogP contribution in [0.1, 0.15) is 30.9 Å². The molecule has 0 aromatic carbocycles. The van der Waals surface area contributed by atoms with Crippen molar-refractivity contribution >= 4 is 0 Å². The molecular weight excluding hydrogens is 204 g/mol. The lowest BCUT2D eigenvalue weighted by Gasteiger charge is -2.22. The number of rotatable bonds is 4. The van der Waals surface area contributed by atoms with Crippen molar-refractivity contribution in [1.29, 1.82) is 0 Å². The normalized spacial score (nSPS) is 21.2. The van der Waals surface area contributed by atoms with Crippen molar-refractivity contribution in [3.63, 3.8) is 0 Å². The summed E-state index contributed by atoms with van der Waals surface area (Å²) in [7, 11) is 1.97. The maximum Gasteiger partial charge on any atom is 0.158 e. The molecule has 0 aliphatic carbocycles. The third kappa shape index (κ3) is 2.80. The Morgan fingerprint density at radius 1 is 1.44 bits per heavy atom. The summed E-state index contributed by atoms with van der Waals surface area (Å²) in [6.45, 7) is 4.39. The average molecular weight is 224 g/mol. The predicted octanol–water partition coefficient (Wildman–Crippen LogP) is 0.782. The summed E-state index contributed by atoms with van der Waals surface area (Å²) in [5.74, 6) is 1.82. The van der Waals surface area contributed by atoms with Gasteiger partial charge in [-0.2, -0.15) is 0 Å². The summed E-state index contributed by atoms with van der Waals surface area (Å²) in [4.78, 5) is 0. The Labute approximate surface area is 96.2 Å². The van der Waals surface area contributed by atoms with E-state index in [4.69, 9.17) is 4.74 Å². The molecule has 5 heteroatoms. The molecule has 1 atom stereocenters. The monoisotopic (exact) mass is 224 g/mol. The van der Waals surface area contributed by atoms with E-state index in [1.54, 1.807) is 0 Å². The summed E-state index contributed by atoms with van der Waals surface area (Å²) in [6, 6.07) is 0.517. The lowest BCUT2D eigenvalue weighted by molar-refractivity contribution is 0.0851. The largest absolute Gasteiger partial charge is 0.372 e.